The standard InChI is InChI=1S/C21H24N4O3S/c1-26-18-12-16(13-19(14-18)27-2)20-22-25(21(29)28-20)15-23-8-10-24(11-9-23)17-6-4-3-5-7-17/h3-7,12-14H,8-11,15H2,1-2H3. The molecule has 1 saturated heterocycles. The van der Waals surface area contributed by atoms with E-state index >= 15 is 0 Å². The molecule has 0 saturated carbocycles. The fraction of sp³-hybridized carbons (Fsp3) is 0.333. The number of nitrogens with zero attached hydrogens (tertiary/aromatic N) is 4. The molecule has 3 aromatic rings. The Labute approximate surface area is 175 Å². The van der Waals surface area contributed by atoms with Crippen molar-refractivity contribution < 1.29 is 13.9 Å². The highest BCUT2D eigenvalue weighted by atomic mass is 32.1. The van der Waals surface area contributed by atoms with Crippen LogP contribution in [-0.4, -0.2) is 55.1 Å². The second-order valence-electron chi connectivity index (χ2n) is 6.86. The summed E-state index contributed by atoms with van der Waals surface area (Å²) in [6.07, 6.45) is 0. The molecule has 8 heteroatoms. The largest absolute Gasteiger partial charge is 0.497 e. The maximum absolute atomic E-state index is 5.75. The normalized spacial score (nSPS) is 14.8. The van der Waals surface area contributed by atoms with Gasteiger partial charge in [-0.15, -0.1) is 5.10 Å². The molecule has 0 aliphatic carbocycles. The van der Waals surface area contributed by atoms with Gasteiger partial charge in [-0.2, -0.15) is 0 Å². The van der Waals surface area contributed by atoms with Gasteiger partial charge in [0.25, 0.3) is 4.84 Å². The molecule has 0 unspecified atom stereocenters. The van der Waals surface area contributed by atoms with Crippen LogP contribution in [0.1, 0.15) is 0 Å². The van der Waals surface area contributed by atoms with E-state index in [2.05, 4.69) is 39.2 Å². The van der Waals surface area contributed by atoms with Crippen molar-refractivity contribution in [1.29, 1.82) is 0 Å². The molecule has 29 heavy (non-hydrogen) atoms. The summed E-state index contributed by atoms with van der Waals surface area (Å²) in [6, 6.07) is 16.0. The van der Waals surface area contributed by atoms with Crippen LogP contribution in [0.4, 0.5) is 5.69 Å². The number of benzene rings is 2. The second-order valence-corrected chi connectivity index (χ2v) is 7.21. The predicted octanol–water partition coefficient (Wildman–Crippen LogP) is 3.67. The van der Waals surface area contributed by atoms with E-state index < -0.39 is 0 Å². The molecule has 0 N–H and O–H groups in total. The number of para-hydroxylation sites is 1. The molecule has 2 heterocycles. The van der Waals surface area contributed by atoms with Gasteiger partial charge < -0.3 is 18.8 Å². The summed E-state index contributed by atoms with van der Waals surface area (Å²) in [5.74, 6) is 1.80. The lowest BCUT2D eigenvalue weighted by Crippen LogP contribution is -2.46. The molecule has 4 rings (SSSR count). The van der Waals surface area contributed by atoms with Crippen molar-refractivity contribution in [2.24, 2.45) is 0 Å². The second kappa shape index (κ2) is 8.67. The van der Waals surface area contributed by atoms with E-state index in [1.165, 1.54) is 5.69 Å². The van der Waals surface area contributed by atoms with Crippen LogP contribution in [0.25, 0.3) is 11.5 Å². The molecule has 2 aromatic carbocycles. The third kappa shape index (κ3) is 4.44. The molecule has 7 nitrogen and oxygen atoms in total. The Morgan fingerprint density at radius 3 is 2.24 bits per heavy atom. The maximum Gasteiger partial charge on any atom is 0.288 e. The van der Waals surface area contributed by atoms with Gasteiger partial charge in [0.2, 0.25) is 5.89 Å². The number of hydrogen-bond acceptors (Lipinski definition) is 7. The van der Waals surface area contributed by atoms with Gasteiger partial charge in [-0.1, -0.05) is 18.2 Å². The molecule has 0 bridgehead atoms. The van der Waals surface area contributed by atoms with E-state index in [-0.39, 0.29) is 0 Å². The van der Waals surface area contributed by atoms with E-state index in [0.29, 0.717) is 28.9 Å². The number of rotatable bonds is 6. The van der Waals surface area contributed by atoms with Crippen molar-refractivity contribution >= 4 is 17.9 Å². The average Bonchev–Trinajstić information content (AvgIpc) is 3.14. The highest BCUT2D eigenvalue weighted by Gasteiger charge is 2.19. The Kier molecular flexibility index (Phi) is 5.82. The Bertz CT molecular complexity index is 988. The van der Waals surface area contributed by atoms with Crippen LogP contribution in [0.15, 0.2) is 52.9 Å². The highest BCUT2D eigenvalue weighted by Crippen LogP contribution is 2.29. The minimum absolute atomic E-state index is 0.354. The molecule has 1 aromatic heterocycles. The molecule has 0 amide bonds. The van der Waals surface area contributed by atoms with E-state index in [1.807, 2.05) is 18.2 Å². The van der Waals surface area contributed by atoms with E-state index in [4.69, 9.17) is 26.1 Å². The quantitative estimate of drug-likeness (QED) is 0.573. The van der Waals surface area contributed by atoms with Crippen LogP contribution in [0, 0.1) is 4.84 Å². The molecule has 0 atom stereocenters. The number of anilines is 1. The molecule has 0 radical (unpaired) electrons. The van der Waals surface area contributed by atoms with E-state index in [0.717, 1.165) is 31.7 Å². The molecular formula is C21H24N4O3S. The first-order valence-corrected chi connectivity index (χ1v) is 9.91. The van der Waals surface area contributed by atoms with Gasteiger partial charge in [-0.3, -0.25) is 4.90 Å². The summed E-state index contributed by atoms with van der Waals surface area (Å²) in [7, 11) is 3.23. The van der Waals surface area contributed by atoms with Gasteiger partial charge in [0.05, 0.1) is 20.9 Å². The van der Waals surface area contributed by atoms with Crippen molar-refractivity contribution in [2.45, 2.75) is 6.67 Å². The third-order valence-electron chi connectivity index (χ3n) is 5.03. The van der Waals surface area contributed by atoms with Crippen LogP contribution in [0.5, 0.6) is 11.5 Å². The lowest BCUT2D eigenvalue weighted by molar-refractivity contribution is 0.192. The average molecular weight is 413 g/mol. The van der Waals surface area contributed by atoms with E-state index in [9.17, 15) is 0 Å². The summed E-state index contributed by atoms with van der Waals surface area (Å²) in [5, 5.41) is 4.58. The Balaban J connectivity index is 1.45. The fourth-order valence-corrected chi connectivity index (χ4v) is 3.60. The summed E-state index contributed by atoms with van der Waals surface area (Å²) in [4.78, 5) is 5.08. The predicted molar refractivity (Wildman–Crippen MR) is 114 cm³/mol. The third-order valence-corrected chi connectivity index (χ3v) is 5.33. The summed E-state index contributed by atoms with van der Waals surface area (Å²) in [6.45, 7) is 4.41. The first kappa shape index (κ1) is 19.5. The number of aromatic nitrogens is 2. The van der Waals surface area contributed by atoms with Gasteiger partial charge in [-0.05, 0) is 36.5 Å². The number of piperazine rings is 1. The van der Waals surface area contributed by atoms with Gasteiger partial charge in [0, 0.05) is 43.5 Å². The lowest BCUT2D eigenvalue weighted by atomic mass is 10.2. The number of ether oxygens (including phenoxy) is 2. The number of methoxy groups -OCH3 is 2. The summed E-state index contributed by atoms with van der Waals surface area (Å²) < 4.78 is 18.1. The summed E-state index contributed by atoms with van der Waals surface area (Å²) in [5.41, 5.74) is 2.03. The zero-order valence-corrected chi connectivity index (χ0v) is 17.4. The Hall–Kier alpha value is -2.84. The highest BCUT2D eigenvalue weighted by molar-refractivity contribution is 7.71. The van der Waals surface area contributed by atoms with Crippen molar-refractivity contribution in [3.63, 3.8) is 0 Å². The van der Waals surface area contributed by atoms with Gasteiger partial charge >= 0.3 is 0 Å². The molecule has 0 spiro atoms. The monoisotopic (exact) mass is 412 g/mol. The zero-order valence-electron chi connectivity index (χ0n) is 16.6. The van der Waals surface area contributed by atoms with Crippen molar-refractivity contribution in [2.75, 3.05) is 45.3 Å². The first-order chi connectivity index (χ1) is 14.2. The topological polar surface area (TPSA) is 55.9 Å². The summed E-state index contributed by atoms with van der Waals surface area (Å²) >= 11 is 5.40. The van der Waals surface area contributed by atoms with E-state index in [1.54, 1.807) is 25.0 Å². The van der Waals surface area contributed by atoms with Gasteiger partial charge in [0.15, 0.2) is 0 Å². The SMILES string of the molecule is COc1cc(OC)cc(-c2nn(CN3CCN(c4ccccc4)CC3)c(=S)o2)c1. The minimum Gasteiger partial charge on any atom is -0.497 e. The Morgan fingerprint density at radius 2 is 1.62 bits per heavy atom. The van der Waals surface area contributed by atoms with Crippen molar-refractivity contribution in [3.8, 4) is 23.0 Å². The minimum atomic E-state index is 0.354. The van der Waals surface area contributed by atoms with Crippen LogP contribution in [0.3, 0.4) is 0 Å². The Morgan fingerprint density at radius 1 is 0.966 bits per heavy atom. The van der Waals surface area contributed by atoms with Crippen LogP contribution < -0.4 is 14.4 Å². The van der Waals surface area contributed by atoms with Crippen molar-refractivity contribution in [1.82, 2.24) is 14.7 Å². The maximum atomic E-state index is 5.75. The van der Waals surface area contributed by atoms with Crippen LogP contribution in [-0.2, 0) is 6.67 Å². The fourth-order valence-electron chi connectivity index (χ4n) is 3.42. The van der Waals surface area contributed by atoms with Crippen molar-refractivity contribution in [3.05, 3.63) is 53.4 Å². The number of hydrogen-bond donors (Lipinski definition) is 0. The van der Waals surface area contributed by atoms with Gasteiger partial charge in [0.1, 0.15) is 11.5 Å². The molecule has 1 fully saturated rings. The van der Waals surface area contributed by atoms with Gasteiger partial charge in [-0.25, -0.2) is 4.68 Å². The van der Waals surface area contributed by atoms with Crippen LogP contribution in [0.2, 0.25) is 0 Å². The molecule has 152 valence electrons. The molecule has 1 aliphatic rings. The zero-order chi connectivity index (χ0) is 20.2. The van der Waals surface area contributed by atoms with Crippen LogP contribution >= 0.6 is 12.2 Å². The molecular weight excluding hydrogens is 388 g/mol. The smallest absolute Gasteiger partial charge is 0.288 e. The first-order valence-electron chi connectivity index (χ1n) is 9.50. The lowest BCUT2D eigenvalue weighted by Gasteiger charge is -2.35. The molecule has 1 aliphatic heterocycles.